The van der Waals surface area contributed by atoms with Gasteiger partial charge in [0.25, 0.3) is 0 Å². The molecule has 0 N–H and O–H groups in total. The van der Waals surface area contributed by atoms with E-state index in [2.05, 4.69) is 13.5 Å². The van der Waals surface area contributed by atoms with Crippen LogP contribution in [0.4, 0.5) is 0 Å². The van der Waals surface area contributed by atoms with Crippen LogP contribution in [0.25, 0.3) is 6.08 Å². The molecule has 0 aliphatic heterocycles. The van der Waals surface area contributed by atoms with Crippen LogP contribution >= 0.6 is 0 Å². The van der Waals surface area contributed by atoms with Crippen molar-refractivity contribution in [3.63, 3.8) is 0 Å². The van der Waals surface area contributed by atoms with Crippen LogP contribution in [0.2, 0.25) is 0 Å². The standard InChI is InChI=1S/C14H20O2/c1-4-7-8-9-11-10-14(15)16-13(6-3)12(11)5-2/h5,10H,2,4,6-9H2,1,3H3. The first kappa shape index (κ1) is 12.8. The second-order valence-electron chi connectivity index (χ2n) is 3.94. The highest BCUT2D eigenvalue weighted by atomic mass is 16.4. The van der Waals surface area contributed by atoms with Crippen LogP contribution in [0.1, 0.15) is 50.0 Å². The van der Waals surface area contributed by atoms with Crippen LogP contribution in [-0.2, 0) is 12.8 Å². The second kappa shape index (κ2) is 6.31. The lowest BCUT2D eigenvalue weighted by Crippen LogP contribution is -2.06. The number of rotatable bonds is 6. The van der Waals surface area contributed by atoms with Gasteiger partial charge >= 0.3 is 5.63 Å². The minimum Gasteiger partial charge on any atom is -0.427 e. The molecule has 1 aromatic heterocycles. The molecule has 2 heteroatoms. The fourth-order valence-corrected chi connectivity index (χ4v) is 1.88. The van der Waals surface area contributed by atoms with Gasteiger partial charge in [0.05, 0.1) is 0 Å². The molecule has 0 aliphatic rings. The normalized spacial score (nSPS) is 10.4. The topological polar surface area (TPSA) is 30.2 Å². The van der Waals surface area contributed by atoms with E-state index in [9.17, 15) is 4.79 Å². The van der Waals surface area contributed by atoms with E-state index in [1.807, 2.05) is 6.92 Å². The Labute approximate surface area is 97.0 Å². The Bertz CT molecular complexity index is 402. The van der Waals surface area contributed by atoms with Crippen molar-refractivity contribution in [2.45, 2.75) is 46.0 Å². The van der Waals surface area contributed by atoms with Gasteiger partial charge in [0, 0.05) is 18.1 Å². The predicted octanol–water partition coefficient (Wildman–Crippen LogP) is 3.58. The first-order chi connectivity index (χ1) is 7.72. The van der Waals surface area contributed by atoms with Gasteiger partial charge in [0.1, 0.15) is 5.76 Å². The molecule has 1 aromatic rings. The fraction of sp³-hybridized carbons (Fsp3) is 0.500. The van der Waals surface area contributed by atoms with Gasteiger partial charge in [-0.2, -0.15) is 0 Å². The van der Waals surface area contributed by atoms with Crippen LogP contribution in [-0.4, -0.2) is 0 Å². The molecule has 0 saturated carbocycles. The van der Waals surface area contributed by atoms with Crippen molar-refractivity contribution in [2.75, 3.05) is 0 Å². The molecule has 0 spiro atoms. The molecule has 0 amide bonds. The van der Waals surface area contributed by atoms with Crippen LogP contribution in [0.5, 0.6) is 0 Å². The van der Waals surface area contributed by atoms with Crippen molar-refractivity contribution < 1.29 is 4.42 Å². The molecule has 0 unspecified atom stereocenters. The first-order valence-corrected chi connectivity index (χ1v) is 6.01. The maximum atomic E-state index is 11.4. The summed E-state index contributed by atoms with van der Waals surface area (Å²) in [5.41, 5.74) is 1.85. The van der Waals surface area contributed by atoms with Crippen LogP contribution in [0.3, 0.4) is 0 Å². The first-order valence-electron chi connectivity index (χ1n) is 6.01. The number of aryl methyl sites for hydroxylation is 2. The Morgan fingerprint density at radius 1 is 1.38 bits per heavy atom. The van der Waals surface area contributed by atoms with Gasteiger partial charge in [-0.05, 0) is 18.4 Å². The summed E-state index contributed by atoms with van der Waals surface area (Å²) in [5.74, 6) is 0.758. The average molecular weight is 220 g/mol. The number of unbranched alkanes of at least 4 members (excludes halogenated alkanes) is 2. The van der Waals surface area contributed by atoms with E-state index < -0.39 is 0 Å². The van der Waals surface area contributed by atoms with E-state index in [1.165, 1.54) is 12.8 Å². The van der Waals surface area contributed by atoms with E-state index in [4.69, 9.17) is 4.42 Å². The molecule has 0 aromatic carbocycles. The molecule has 16 heavy (non-hydrogen) atoms. The molecule has 2 nitrogen and oxygen atoms in total. The third kappa shape index (κ3) is 3.09. The minimum atomic E-state index is -0.242. The highest BCUT2D eigenvalue weighted by Crippen LogP contribution is 2.17. The van der Waals surface area contributed by atoms with E-state index in [0.29, 0.717) is 0 Å². The Hall–Kier alpha value is -1.31. The quantitative estimate of drug-likeness (QED) is 0.686. The lowest BCUT2D eigenvalue weighted by atomic mass is 10.0. The molecule has 1 rings (SSSR count). The summed E-state index contributed by atoms with van der Waals surface area (Å²) in [6.45, 7) is 7.96. The Morgan fingerprint density at radius 3 is 2.69 bits per heavy atom. The van der Waals surface area contributed by atoms with Gasteiger partial charge in [-0.25, -0.2) is 4.79 Å². The van der Waals surface area contributed by atoms with Crippen LogP contribution in [0.15, 0.2) is 21.9 Å². The monoisotopic (exact) mass is 220 g/mol. The van der Waals surface area contributed by atoms with Crippen molar-refractivity contribution in [3.05, 3.63) is 40.0 Å². The zero-order valence-corrected chi connectivity index (χ0v) is 10.2. The summed E-state index contributed by atoms with van der Waals surface area (Å²) in [4.78, 5) is 11.4. The smallest absolute Gasteiger partial charge is 0.336 e. The van der Waals surface area contributed by atoms with Gasteiger partial charge in [-0.15, -0.1) is 0 Å². The zero-order chi connectivity index (χ0) is 12.0. The van der Waals surface area contributed by atoms with Crippen molar-refractivity contribution in [2.24, 2.45) is 0 Å². The third-order valence-corrected chi connectivity index (χ3v) is 2.74. The SMILES string of the molecule is C=Cc1c(CCCCC)cc(=O)oc1CC. The van der Waals surface area contributed by atoms with Gasteiger partial charge < -0.3 is 4.42 Å². The second-order valence-corrected chi connectivity index (χ2v) is 3.94. The van der Waals surface area contributed by atoms with Gasteiger partial charge in [-0.1, -0.05) is 39.3 Å². The predicted molar refractivity (Wildman–Crippen MR) is 67.7 cm³/mol. The molecule has 0 radical (unpaired) electrons. The van der Waals surface area contributed by atoms with Gasteiger partial charge in [0.2, 0.25) is 0 Å². The van der Waals surface area contributed by atoms with Crippen molar-refractivity contribution >= 4 is 6.08 Å². The fourth-order valence-electron chi connectivity index (χ4n) is 1.88. The average Bonchev–Trinajstić information content (AvgIpc) is 2.28. The maximum Gasteiger partial charge on any atom is 0.336 e. The lowest BCUT2D eigenvalue weighted by molar-refractivity contribution is 0.460. The molecule has 1 heterocycles. The van der Waals surface area contributed by atoms with Crippen molar-refractivity contribution in [1.82, 2.24) is 0 Å². The summed E-state index contributed by atoms with van der Waals surface area (Å²) in [7, 11) is 0. The summed E-state index contributed by atoms with van der Waals surface area (Å²) in [5, 5.41) is 0. The minimum absolute atomic E-state index is 0.242. The molecule has 0 atom stereocenters. The Morgan fingerprint density at radius 2 is 2.12 bits per heavy atom. The summed E-state index contributed by atoms with van der Waals surface area (Å²) >= 11 is 0. The van der Waals surface area contributed by atoms with E-state index >= 15 is 0 Å². The highest BCUT2D eigenvalue weighted by molar-refractivity contribution is 5.53. The van der Waals surface area contributed by atoms with Crippen molar-refractivity contribution in [3.8, 4) is 0 Å². The lowest BCUT2D eigenvalue weighted by Gasteiger charge is -2.08. The van der Waals surface area contributed by atoms with Gasteiger partial charge in [0.15, 0.2) is 0 Å². The molecule has 0 fully saturated rings. The summed E-state index contributed by atoms with van der Waals surface area (Å²) < 4.78 is 5.17. The van der Waals surface area contributed by atoms with Crippen LogP contribution in [0, 0.1) is 0 Å². The molecule has 0 saturated heterocycles. The Kier molecular flexibility index (Phi) is 5.03. The Balaban J connectivity index is 3.00. The highest BCUT2D eigenvalue weighted by Gasteiger charge is 2.08. The van der Waals surface area contributed by atoms with Crippen molar-refractivity contribution in [1.29, 1.82) is 0 Å². The molecule has 0 bridgehead atoms. The van der Waals surface area contributed by atoms with E-state index in [0.717, 1.165) is 36.1 Å². The largest absolute Gasteiger partial charge is 0.427 e. The van der Waals surface area contributed by atoms with Gasteiger partial charge in [-0.3, -0.25) is 0 Å². The summed E-state index contributed by atoms with van der Waals surface area (Å²) in [6.07, 6.45) is 6.96. The molecule has 0 aliphatic carbocycles. The maximum absolute atomic E-state index is 11.4. The molecular weight excluding hydrogens is 200 g/mol. The number of hydrogen-bond donors (Lipinski definition) is 0. The number of hydrogen-bond acceptors (Lipinski definition) is 2. The third-order valence-electron chi connectivity index (χ3n) is 2.74. The molecular formula is C14H20O2. The van der Waals surface area contributed by atoms with E-state index in [-0.39, 0.29) is 5.63 Å². The molecule has 88 valence electrons. The van der Waals surface area contributed by atoms with Crippen LogP contribution < -0.4 is 5.63 Å². The summed E-state index contributed by atoms with van der Waals surface area (Å²) in [6, 6.07) is 1.60. The zero-order valence-electron chi connectivity index (χ0n) is 10.2. The van der Waals surface area contributed by atoms with E-state index in [1.54, 1.807) is 12.1 Å².